The number of amides is 1. The standard InChI is InChI=1S/C15H21ClN4O2/c1-14(2,3)22-13(21)19-15(4,5)12-7-6-11(16)8-10(12)9-18-20-17/h6-8H,9H2,1-5H3,(H,19,21). The summed E-state index contributed by atoms with van der Waals surface area (Å²) in [7, 11) is 0. The van der Waals surface area contributed by atoms with Crippen LogP contribution in [-0.4, -0.2) is 11.7 Å². The first-order chi connectivity index (χ1) is 10.0. The molecule has 0 radical (unpaired) electrons. The van der Waals surface area contributed by atoms with Gasteiger partial charge in [0.15, 0.2) is 0 Å². The quantitative estimate of drug-likeness (QED) is 0.484. The first kappa shape index (κ1) is 18.1. The highest BCUT2D eigenvalue weighted by Crippen LogP contribution is 2.27. The molecule has 120 valence electrons. The molecule has 0 unspecified atom stereocenters. The van der Waals surface area contributed by atoms with Gasteiger partial charge in [-0.05, 0) is 63.4 Å². The number of alkyl carbamates (subject to hydrolysis) is 1. The van der Waals surface area contributed by atoms with Crippen LogP contribution in [-0.2, 0) is 16.8 Å². The van der Waals surface area contributed by atoms with E-state index in [0.29, 0.717) is 5.02 Å². The van der Waals surface area contributed by atoms with Gasteiger partial charge in [-0.15, -0.1) is 0 Å². The van der Waals surface area contributed by atoms with Gasteiger partial charge in [0.25, 0.3) is 0 Å². The summed E-state index contributed by atoms with van der Waals surface area (Å²) in [5, 5.41) is 6.94. The number of rotatable bonds is 4. The highest BCUT2D eigenvalue weighted by atomic mass is 35.5. The van der Waals surface area contributed by atoms with Crippen molar-refractivity contribution in [2.45, 2.75) is 52.3 Å². The van der Waals surface area contributed by atoms with Crippen LogP contribution in [0.5, 0.6) is 0 Å². The minimum Gasteiger partial charge on any atom is -0.444 e. The van der Waals surface area contributed by atoms with Crippen molar-refractivity contribution < 1.29 is 9.53 Å². The summed E-state index contributed by atoms with van der Waals surface area (Å²) in [6, 6.07) is 5.26. The van der Waals surface area contributed by atoms with E-state index in [2.05, 4.69) is 15.3 Å². The van der Waals surface area contributed by atoms with Crippen molar-refractivity contribution in [3.63, 3.8) is 0 Å². The number of halogens is 1. The van der Waals surface area contributed by atoms with E-state index in [9.17, 15) is 4.79 Å². The summed E-state index contributed by atoms with van der Waals surface area (Å²) in [6.07, 6.45) is -0.512. The molecule has 0 saturated carbocycles. The molecule has 1 amide bonds. The molecule has 0 aromatic heterocycles. The molecule has 0 saturated heterocycles. The zero-order chi connectivity index (χ0) is 17.0. The number of carbonyl (C=O) groups excluding carboxylic acids is 1. The molecule has 0 atom stereocenters. The number of azide groups is 1. The van der Waals surface area contributed by atoms with Gasteiger partial charge in [0, 0.05) is 9.93 Å². The molecule has 6 nitrogen and oxygen atoms in total. The average molecular weight is 325 g/mol. The maximum atomic E-state index is 12.0. The van der Waals surface area contributed by atoms with Crippen LogP contribution in [0.3, 0.4) is 0 Å². The maximum Gasteiger partial charge on any atom is 0.408 e. The predicted molar refractivity (Wildman–Crippen MR) is 86.7 cm³/mol. The van der Waals surface area contributed by atoms with Crippen LogP contribution < -0.4 is 5.32 Å². The van der Waals surface area contributed by atoms with Crippen molar-refractivity contribution in [1.82, 2.24) is 5.32 Å². The molecule has 1 rings (SSSR count). The number of ether oxygens (including phenoxy) is 1. The van der Waals surface area contributed by atoms with Crippen LogP contribution in [0.4, 0.5) is 4.79 Å². The van der Waals surface area contributed by atoms with Crippen molar-refractivity contribution >= 4 is 17.7 Å². The number of nitrogens with one attached hydrogen (secondary N) is 1. The van der Waals surface area contributed by atoms with Gasteiger partial charge in [-0.1, -0.05) is 22.8 Å². The van der Waals surface area contributed by atoms with E-state index >= 15 is 0 Å². The fourth-order valence-electron chi connectivity index (χ4n) is 2.04. The fraction of sp³-hybridized carbons (Fsp3) is 0.533. The Morgan fingerprint density at radius 1 is 1.36 bits per heavy atom. The van der Waals surface area contributed by atoms with Gasteiger partial charge in [0.1, 0.15) is 5.60 Å². The Morgan fingerprint density at radius 2 is 2.00 bits per heavy atom. The van der Waals surface area contributed by atoms with E-state index in [1.54, 1.807) is 32.9 Å². The first-order valence-corrected chi connectivity index (χ1v) is 7.24. The van der Waals surface area contributed by atoms with Gasteiger partial charge in [0.2, 0.25) is 0 Å². The lowest BCUT2D eigenvalue weighted by atomic mass is 9.90. The van der Waals surface area contributed by atoms with Crippen molar-refractivity contribution in [1.29, 1.82) is 0 Å². The SMILES string of the molecule is CC(C)(C)OC(=O)NC(C)(C)c1ccc(Cl)cc1CN=[N+]=[N-]. The molecule has 7 heteroatoms. The molecule has 0 aliphatic rings. The molecule has 1 aromatic rings. The van der Waals surface area contributed by atoms with Crippen molar-refractivity contribution in [2.75, 3.05) is 0 Å². The second kappa shape index (κ2) is 6.90. The normalized spacial score (nSPS) is 11.5. The summed E-state index contributed by atoms with van der Waals surface area (Å²) in [5.74, 6) is 0. The van der Waals surface area contributed by atoms with E-state index < -0.39 is 17.2 Å². The zero-order valence-electron chi connectivity index (χ0n) is 13.5. The average Bonchev–Trinajstić information content (AvgIpc) is 2.32. The third kappa shape index (κ3) is 5.47. The van der Waals surface area contributed by atoms with E-state index in [1.165, 1.54) is 0 Å². The molecule has 1 aromatic carbocycles. The van der Waals surface area contributed by atoms with Crippen LogP contribution in [0.25, 0.3) is 10.4 Å². The molecule has 22 heavy (non-hydrogen) atoms. The second-order valence-electron chi connectivity index (χ2n) is 6.44. The number of hydrogen-bond donors (Lipinski definition) is 1. The number of carbonyl (C=O) groups is 1. The topological polar surface area (TPSA) is 87.1 Å². The van der Waals surface area contributed by atoms with Gasteiger partial charge < -0.3 is 10.1 Å². The van der Waals surface area contributed by atoms with E-state index in [-0.39, 0.29) is 6.54 Å². The van der Waals surface area contributed by atoms with Crippen LogP contribution in [0.15, 0.2) is 23.3 Å². The van der Waals surface area contributed by atoms with E-state index in [4.69, 9.17) is 21.9 Å². The summed E-state index contributed by atoms with van der Waals surface area (Å²) in [6.45, 7) is 9.25. The van der Waals surface area contributed by atoms with Gasteiger partial charge in [-0.2, -0.15) is 0 Å². The van der Waals surface area contributed by atoms with Crippen LogP contribution in [0, 0.1) is 0 Å². The Kier molecular flexibility index (Phi) is 5.69. The van der Waals surface area contributed by atoms with Gasteiger partial charge in [-0.3, -0.25) is 0 Å². The maximum absolute atomic E-state index is 12.0. The zero-order valence-corrected chi connectivity index (χ0v) is 14.2. The number of hydrogen-bond acceptors (Lipinski definition) is 3. The van der Waals surface area contributed by atoms with Crippen LogP contribution in [0.1, 0.15) is 45.7 Å². The van der Waals surface area contributed by atoms with Gasteiger partial charge in [-0.25, -0.2) is 4.79 Å². The molecule has 0 spiro atoms. The lowest BCUT2D eigenvalue weighted by molar-refractivity contribution is 0.0470. The Morgan fingerprint density at radius 3 is 2.55 bits per heavy atom. The Hall–Kier alpha value is -1.91. The van der Waals surface area contributed by atoms with Crippen LogP contribution >= 0.6 is 11.6 Å². The molecular weight excluding hydrogens is 304 g/mol. The Labute approximate surface area is 135 Å². The molecule has 0 aliphatic carbocycles. The minimum atomic E-state index is -0.701. The molecule has 0 aliphatic heterocycles. The summed E-state index contributed by atoms with van der Waals surface area (Å²) < 4.78 is 5.28. The minimum absolute atomic E-state index is 0.159. The largest absolute Gasteiger partial charge is 0.444 e. The molecule has 0 fully saturated rings. The lowest BCUT2D eigenvalue weighted by Crippen LogP contribution is -2.44. The second-order valence-corrected chi connectivity index (χ2v) is 6.88. The Balaban J connectivity index is 3.06. The van der Waals surface area contributed by atoms with Crippen molar-refractivity contribution in [3.8, 4) is 0 Å². The fourth-order valence-corrected chi connectivity index (χ4v) is 2.23. The van der Waals surface area contributed by atoms with Crippen molar-refractivity contribution in [3.05, 3.63) is 44.8 Å². The third-order valence-corrected chi connectivity index (χ3v) is 3.09. The lowest BCUT2D eigenvalue weighted by Gasteiger charge is -2.30. The predicted octanol–water partition coefficient (Wildman–Crippen LogP) is 4.91. The van der Waals surface area contributed by atoms with Crippen LogP contribution in [0.2, 0.25) is 5.02 Å². The molecule has 1 N–H and O–H groups in total. The van der Waals surface area contributed by atoms with Crippen molar-refractivity contribution in [2.24, 2.45) is 5.11 Å². The summed E-state index contributed by atoms with van der Waals surface area (Å²) in [4.78, 5) is 14.8. The summed E-state index contributed by atoms with van der Waals surface area (Å²) in [5.41, 5.74) is 8.79. The highest BCUT2D eigenvalue weighted by molar-refractivity contribution is 6.30. The Bertz CT molecular complexity index is 602. The van der Waals surface area contributed by atoms with E-state index in [0.717, 1.165) is 11.1 Å². The first-order valence-electron chi connectivity index (χ1n) is 6.86. The molecule has 0 bridgehead atoms. The number of benzene rings is 1. The summed E-state index contributed by atoms with van der Waals surface area (Å²) >= 11 is 5.99. The van der Waals surface area contributed by atoms with Gasteiger partial charge in [0.05, 0.1) is 12.1 Å². The smallest absolute Gasteiger partial charge is 0.408 e. The number of nitrogens with zero attached hydrogens (tertiary/aromatic N) is 3. The molecular formula is C15H21ClN4O2. The van der Waals surface area contributed by atoms with E-state index in [1.807, 2.05) is 19.9 Å². The van der Waals surface area contributed by atoms with Gasteiger partial charge >= 0.3 is 6.09 Å². The highest BCUT2D eigenvalue weighted by Gasteiger charge is 2.28. The monoisotopic (exact) mass is 324 g/mol. The molecule has 0 heterocycles. The third-order valence-electron chi connectivity index (χ3n) is 2.86.